The van der Waals surface area contributed by atoms with E-state index in [1.807, 2.05) is 11.3 Å². The zero-order valence-electron chi connectivity index (χ0n) is 13.4. The number of nitrogens with one attached hydrogen (secondary N) is 1. The van der Waals surface area contributed by atoms with E-state index in [-0.39, 0.29) is 5.54 Å². The number of benzene rings is 1. The van der Waals surface area contributed by atoms with Crippen LogP contribution in [0.4, 0.5) is 0 Å². The van der Waals surface area contributed by atoms with Crippen molar-refractivity contribution in [3.63, 3.8) is 0 Å². The molecule has 1 aliphatic carbocycles. The Morgan fingerprint density at radius 3 is 2.81 bits per heavy atom. The Bertz CT molecular complexity index is 637. The van der Waals surface area contributed by atoms with Gasteiger partial charge in [-0.25, -0.2) is 4.98 Å². The molecule has 1 aromatic heterocycles. The summed E-state index contributed by atoms with van der Waals surface area (Å²) in [6.07, 6.45) is 2.40. The smallest absolute Gasteiger partial charge is 0.101 e. The average molecular weight is 300 g/mol. The van der Waals surface area contributed by atoms with E-state index in [9.17, 15) is 0 Å². The van der Waals surface area contributed by atoms with Crippen molar-refractivity contribution in [2.75, 3.05) is 0 Å². The van der Waals surface area contributed by atoms with E-state index in [4.69, 9.17) is 4.98 Å². The minimum Gasteiger partial charge on any atom is -0.307 e. The molecule has 3 rings (SSSR count). The Kier molecular flexibility index (Phi) is 3.89. The van der Waals surface area contributed by atoms with Crippen LogP contribution in [0.15, 0.2) is 24.3 Å². The molecule has 21 heavy (non-hydrogen) atoms. The second kappa shape index (κ2) is 5.54. The van der Waals surface area contributed by atoms with Crippen LogP contribution < -0.4 is 5.32 Å². The van der Waals surface area contributed by atoms with Crippen LogP contribution in [-0.2, 0) is 13.0 Å². The molecule has 1 N–H and O–H groups in total. The Hall–Kier alpha value is -1.19. The molecule has 1 unspecified atom stereocenters. The van der Waals surface area contributed by atoms with Gasteiger partial charge in [0, 0.05) is 22.9 Å². The SMILES string of the molecule is Cc1nc(C2CCc3ccccc32)sc1CNC(C)(C)C. The van der Waals surface area contributed by atoms with Crippen LogP contribution in [0.25, 0.3) is 0 Å². The molecule has 0 bridgehead atoms. The van der Waals surface area contributed by atoms with Crippen molar-refractivity contribution in [2.24, 2.45) is 0 Å². The van der Waals surface area contributed by atoms with Crippen molar-refractivity contribution in [3.8, 4) is 0 Å². The molecule has 1 aliphatic rings. The molecule has 2 nitrogen and oxygen atoms in total. The molecule has 0 saturated carbocycles. The quantitative estimate of drug-likeness (QED) is 0.907. The van der Waals surface area contributed by atoms with Gasteiger partial charge in [-0.15, -0.1) is 11.3 Å². The predicted octanol–water partition coefficient (Wildman–Crippen LogP) is 4.42. The summed E-state index contributed by atoms with van der Waals surface area (Å²) in [6.45, 7) is 9.67. The van der Waals surface area contributed by atoms with E-state index in [2.05, 4.69) is 57.3 Å². The van der Waals surface area contributed by atoms with E-state index in [0.29, 0.717) is 5.92 Å². The number of hydrogen-bond donors (Lipinski definition) is 1. The number of fused-ring (bicyclic) bond motifs is 1. The predicted molar refractivity (Wildman–Crippen MR) is 90.0 cm³/mol. The minimum absolute atomic E-state index is 0.149. The Morgan fingerprint density at radius 1 is 1.29 bits per heavy atom. The fourth-order valence-electron chi connectivity index (χ4n) is 2.92. The molecule has 0 radical (unpaired) electrons. The molecular formula is C18H24N2S. The van der Waals surface area contributed by atoms with Crippen molar-refractivity contribution in [1.29, 1.82) is 0 Å². The van der Waals surface area contributed by atoms with Crippen molar-refractivity contribution in [3.05, 3.63) is 51.0 Å². The summed E-state index contributed by atoms with van der Waals surface area (Å²) in [4.78, 5) is 6.25. The summed E-state index contributed by atoms with van der Waals surface area (Å²) in [7, 11) is 0. The zero-order valence-corrected chi connectivity index (χ0v) is 14.2. The third kappa shape index (κ3) is 3.19. The largest absolute Gasteiger partial charge is 0.307 e. The van der Waals surface area contributed by atoms with Gasteiger partial charge in [-0.05, 0) is 51.7 Å². The Balaban J connectivity index is 1.82. The maximum absolute atomic E-state index is 4.87. The summed E-state index contributed by atoms with van der Waals surface area (Å²) >= 11 is 1.89. The second-order valence-corrected chi connectivity index (χ2v) is 8.07. The van der Waals surface area contributed by atoms with Crippen LogP contribution in [0, 0.1) is 6.92 Å². The average Bonchev–Trinajstić information content (AvgIpc) is 2.99. The van der Waals surface area contributed by atoms with Gasteiger partial charge in [0.05, 0.1) is 5.69 Å². The lowest BCUT2D eigenvalue weighted by atomic mass is 10.0. The molecule has 0 spiro atoms. The first-order valence-corrected chi connectivity index (χ1v) is 8.55. The van der Waals surface area contributed by atoms with Crippen LogP contribution >= 0.6 is 11.3 Å². The van der Waals surface area contributed by atoms with Gasteiger partial charge in [0.25, 0.3) is 0 Å². The topological polar surface area (TPSA) is 24.9 Å². The summed E-state index contributed by atoms with van der Waals surface area (Å²) in [5.41, 5.74) is 4.33. The van der Waals surface area contributed by atoms with E-state index < -0.39 is 0 Å². The van der Waals surface area contributed by atoms with Crippen molar-refractivity contribution in [1.82, 2.24) is 10.3 Å². The number of rotatable bonds is 3. The molecule has 1 atom stereocenters. The van der Waals surface area contributed by atoms with Crippen molar-refractivity contribution < 1.29 is 0 Å². The molecule has 0 fully saturated rings. The molecule has 0 aliphatic heterocycles. The third-order valence-corrected chi connectivity index (χ3v) is 5.39. The standard InChI is InChI=1S/C18H24N2S/c1-12-16(11-19-18(2,3)4)21-17(20-12)15-10-9-13-7-5-6-8-14(13)15/h5-8,15,19H,9-11H2,1-4H3. The number of aromatic nitrogens is 1. The normalized spacial score (nSPS) is 18.0. The molecule has 0 amide bonds. The van der Waals surface area contributed by atoms with E-state index in [1.54, 1.807) is 0 Å². The third-order valence-electron chi connectivity index (χ3n) is 4.12. The Labute approximate surface area is 131 Å². The van der Waals surface area contributed by atoms with Gasteiger partial charge < -0.3 is 5.32 Å². The van der Waals surface area contributed by atoms with E-state index in [1.165, 1.54) is 39.5 Å². The highest BCUT2D eigenvalue weighted by Crippen LogP contribution is 2.40. The van der Waals surface area contributed by atoms with Crippen molar-refractivity contribution >= 4 is 11.3 Å². The van der Waals surface area contributed by atoms with Gasteiger partial charge in [-0.3, -0.25) is 0 Å². The monoisotopic (exact) mass is 300 g/mol. The number of nitrogens with zero attached hydrogens (tertiary/aromatic N) is 1. The van der Waals surface area contributed by atoms with Crippen LogP contribution in [0.1, 0.15) is 59.8 Å². The molecule has 2 aromatic rings. The minimum atomic E-state index is 0.149. The lowest BCUT2D eigenvalue weighted by Crippen LogP contribution is -2.34. The molecule has 1 aromatic carbocycles. The van der Waals surface area contributed by atoms with E-state index >= 15 is 0 Å². The van der Waals surface area contributed by atoms with Gasteiger partial charge >= 0.3 is 0 Å². The molecule has 112 valence electrons. The Morgan fingerprint density at radius 2 is 2.05 bits per heavy atom. The van der Waals surface area contributed by atoms with Gasteiger partial charge in [0.15, 0.2) is 0 Å². The molecule has 3 heteroatoms. The zero-order chi connectivity index (χ0) is 15.0. The maximum atomic E-state index is 4.87. The lowest BCUT2D eigenvalue weighted by molar-refractivity contribution is 0.425. The molecule has 1 heterocycles. The second-order valence-electron chi connectivity index (χ2n) is 6.95. The highest BCUT2D eigenvalue weighted by molar-refractivity contribution is 7.11. The number of hydrogen-bond acceptors (Lipinski definition) is 3. The fraction of sp³-hybridized carbons (Fsp3) is 0.500. The summed E-state index contributed by atoms with van der Waals surface area (Å²) in [5.74, 6) is 0.508. The summed E-state index contributed by atoms with van der Waals surface area (Å²) < 4.78 is 0. The first kappa shape index (κ1) is 14.7. The van der Waals surface area contributed by atoms with Crippen molar-refractivity contribution in [2.45, 2.75) is 58.5 Å². The number of thiazole rings is 1. The van der Waals surface area contributed by atoms with Crippen LogP contribution in [-0.4, -0.2) is 10.5 Å². The highest BCUT2D eigenvalue weighted by atomic mass is 32.1. The van der Waals surface area contributed by atoms with Crippen LogP contribution in [0.5, 0.6) is 0 Å². The van der Waals surface area contributed by atoms with Gasteiger partial charge in [-0.2, -0.15) is 0 Å². The van der Waals surface area contributed by atoms with Crippen LogP contribution in [0.2, 0.25) is 0 Å². The summed E-state index contributed by atoms with van der Waals surface area (Å²) in [6, 6.07) is 8.83. The molecular weight excluding hydrogens is 276 g/mol. The highest BCUT2D eigenvalue weighted by Gasteiger charge is 2.26. The van der Waals surface area contributed by atoms with Gasteiger partial charge in [0.2, 0.25) is 0 Å². The first-order valence-electron chi connectivity index (χ1n) is 7.73. The maximum Gasteiger partial charge on any atom is 0.101 e. The first-order chi connectivity index (χ1) is 9.94. The number of aryl methyl sites for hydroxylation is 2. The van der Waals surface area contributed by atoms with Gasteiger partial charge in [0.1, 0.15) is 5.01 Å². The fourth-order valence-corrected chi connectivity index (χ4v) is 4.08. The lowest BCUT2D eigenvalue weighted by Gasteiger charge is -2.19. The van der Waals surface area contributed by atoms with Gasteiger partial charge in [-0.1, -0.05) is 24.3 Å². The van der Waals surface area contributed by atoms with E-state index in [0.717, 1.165) is 6.54 Å². The van der Waals surface area contributed by atoms with Crippen LogP contribution in [0.3, 0.4) is 0 Å². The molecule has 0 saturated heterocycles. The summed E-state index contributed by atoms with van der Waals surface area (Å²) in [5, 5.41) is 4.87.